The molecular formula is C16H23N5. The maximum absolute atomic E-state index is 5.82. The zero-order chi connectivity index (χ0) is 14.9. The third-order valence-corrected chi connectivity index (χ3v) is 4.73. The molecule has 21 heavy (non-hydrogen) atoms. The highest BCUT2D eigenvalue weighted by molar-refractivity contribution is 5.90. The predicted molar refractivity (Wildman–Crippen MR) is 87.3 cm³/mol. The Morgan fingerprint density at radius 3 is 2.71 bits per heavy atom. The summed E-state index contributed by atoms with van der Waals surface area (Å²) in [4.78, 5) is 11.1. The lowest BCUT2D eigenvalue weighted by Crippen LogP contribution is -2.47. The van der Waals surface area contributed by atoms with Gasteiger partial charge in [-0.05, 0) is 45.1 Å². The number of hydrogen-bond acceptors (Lipinski definition) is 5. The zero-order valence-electron chi connectivity index (χ0n) is 12.8. The smallest absolute Gasteiger partial charge is 0.137 e. The number of nitrogens with zero attached hydrogens (tertiary/aromatic N) is 3. The number of nitrogens with two attached hydrogens (primary N) is 1. The Morgan fingerprint density at radius 1 is 1.24 bits per heavy atom. The SMILES string of the molecule is CN(C)C1(CNc2ncnc3cc(N)ccc23)CCCC1. The Hall–Kier alpha value is -1.88. The molecule has 1 aliphatic rings. The molecule has 5 nitrogen and oxygen atoms in total. The molecule has 0 amide bonds. The van der Waals surface area contributed by atoms with Crippen molar-refractivity contribution < 1.29 is 0 Å². The van der Waals surface area contributed by atoms with Crippen LogP contribution < -0.4 is 11.1 Å². The van der Waals surface area contributed by atoms with Crippen LogP contribution in [-0.2, 0) is 0 Å². The first-order chi connectivity index (χ1) is 10.1. The molecule has 0 radical (unpaired) electrons. The average molecular weight is 285 g/mol. The number of aromatic nitrogens is 2. The molecule has 0 saturated heterocycles. The molecule has 112 valence electrons. The number of benzene rings is 1. The number of nitrogen functional groups attached to an aromatic ring is 1. The van der Waals surface area contributed by atoms with Crippen LogP contribution in [0.25, 0.3) is 10.9 Å². The third-order valence-electron chi connectivity index (χ3n) is 4.73. The van der Waals surface area contributed by atoms with Crippen molar-refractivity contribution in [3.8, 4) is 0 Å². The molecule has 1 fully saturated rings. The molecule has 1 aromatic heterocycles. The summed E-state index contributed by atoms with van der Waals surface area (Å²) in [7, 11) is 4.34. The Balaban J connectivity index is 1.85. The second-order valence-electron chi connectivity index (χ2n) is 6.18. The Bertz CT molecular complexity index is 632. The van der Waals surface area contributed by atoms with Gasteiger partial charge in [-0.15, -0.1) is 0 Å². The van der Waals surface area contributed by atoms with Crippen LogP contribution in [0.3, 0.4) is 0 Å². The second-order valence-corrected chi connectivity index (χ2v) is 6.18. The number of likely N-dealkylation sites (N-methyl/N-ethyl adjacent to an activating group) is 1. The standard InChI is InChI=1S/C16H23N5/c1-21(2)16(7-3-4-8-16)10-18-15-13-6-5-12(17)9-14(13)19-11-20-15/h5-6,9,11H,3-4,7-8,10,17H2,1-2H3,(H,18,19,20). The molecule has 3 N–H and O–H groups in total. The first kappa shape index (κ1) is 14.1. The Morgan fingerprint density at radius 2 is 2.00 bits per heavy atom. The van der Waals surface area contributed by atoms with E-state index in [0.29, 0.717) is 0 Å². The third kappa shape index (κ3) is 2.65. The van der Waals surface area contributed by atoms with Crippen molar-refractivity contribution in [2.45, 2.75) is 31.2 Å². The van der Waals surface area contributed by atoms with Gasteiger partial charge >= 0.3 is 0 Å². The minimum absolute atomic E-state index is 0.241. The quantitative estimate of drug-likeness (QED) is 0.845. The van der Waals surface area contributed by atoms with Crippen molar-refractivity contribution in [2.75, 3.05) is 31.7 Å². The van der Waals surface area contributed by atoms with Crippen LogP contribution in [0.2, 0.25) is 0 Å². The highest BCUT2D eigenvalue weighted by Crippen LogP contribution is 2.34. The molecule has 0 bridgehead atoms. The highest BCUT2D eigenvalue weighted by Gasteiger charge is 2.35. The number of rotatable bonds is 4. The fourth-order valence-electron chi connectivity index (χ4n) is 3.28. The summed E-state index contributed by atoms with van der Waals surface area (Å²) in [6, 6.07) is 5.78. The largest absolute Gasteiger partial charge is 0.399 e. The van der Waals surface area contributed by atoms with Crippen LogP contribution in [0, 0.1) is 0 Å². The maximum atomic E-state index is 5.82. The van der Waals surface area contributed by atoms with Crippen molar-refractivity contribution >= 4 is 22.4 Å². The van der Waals surface area contributed by atoms with Gasteiger partial charge in [-0.1, -0.05) is 12.8 Å². The van der Waals surface area contributed by atoms with Gasteiger partial charge in [0.1, 0.15) is 12.1 Å². The van der Waals surface area contributed by atoms with E-state index in [0.717, 1.165) is 29.0 Å². The van der Waals surface area contributed by atoms with E-state index in [9.17, 15) is 0 Å². The number of fused-ring (bicyclic) bond motifs is 1. The lowest BCUT2D eigenvalue weighted by atomic mass is 9.96. The Kier molecular flexibility index (Phi) is 3.68. The normalized spacial score (nSPS) is 17.5. The van der Waals surface area contributed by atoms with Crippen LogP contribution in [0.1, 0.15) is 25.7 Å². The minimum Gasteiger partial charge on any atom is -0.399 e. The van der Waals surface area contributed by atoms with Gasteiger partial charge < -0.3 is 16.0 Å². The maximum Gasteiger partial charge on any atom is 0.137 e. The van der Waals surface area contributed by atoms with E-state index in [1.54, 1.807) is 6.33 Å². The van der Waals surface area contributed by atoms with Crippen LogP contribution >= 0.6 is 0 Å². The lowest BCUT2D eigenvalue weighted by Gasteiger charge is -2.36. The number of nitrogens with one attached hydrogen (secondary N) is 1. The van der Waals surface area contributed by atoms with Crippen molar-refractivity contribution in [2.24, 2.45) is 0 Å². The second kappa shape index (κ2) is 5.48. The topological polar surface area (TPSA) is 67.1 Å². The van der Waals surface area contributed by atoms with Crippen LogP contribution in [0.4, 0.5) is 11.5 Å². The fourth-order valence-corrected chi connectivity index (χ4v) is 3.28. The van der Waals surface area contributed by atoms with Crippen LogP contribution in [0.5, 0.6) is 0 Å². The summed E-state index contributed by atoms with van der Waals surface area (Å²) in [5.41, 5.74) is 7.68. The zero-order valence-corrected chi connectivity index (χ0v) is 12.8. The van der Waals surface area contributed by atoms with Gasteiger partial charge in [-0.25, -0.2) is 9.97 Å². The number of hydrogen-bond donors (Lipinski definition) is 2. The molecule has 1 heterocycles. The lowest BCUT2D eigenvalue weighted by molar-refractivity contribution is 0.172. The van der Waals surface area contributed by atoms with E-state index in [-0.39, 0.29) is 5.54 Å². The van der Waals surface area contributed by atoms with Crippen LogP contribution in [-0.4, -0.2) is 41.0 Å². The highest BCUT2D eigenvalue weighted by atomic mass is 15.2. The van der Waals surface area contributed by atoms with Crippen LogP contribution in [0.15, 0.2) is 24.5 Å². The summed E-state index contributed by atoms with van der Waals surface area (Å²) in [6.07, 6.45) is 6.69. The van der Waals surface area contributed by atoms with Gasteiger partial charge in [0.2, 0.25) is 0 Å². The molecule has 1 saturated carbocycles. The van der Waals surface area contributed by atoms with Gasteiger partial charge in [0.05, 0.1) is 5.52 Å². The molecule has 3 rings (SSSR count). The average Bonchev–Trinajstić information content (AvgIpc) is 2.95. The minimum atomic E-state index is 0.241. The summed E-state index contributed by atoms with van der Waals surface area (Å²) < 4.78 is 0. The first-order valence-electron chi connectivity index (χ1n) is 7.52. The van der Waals surface area contributed by atoms with E-state index in [1.165, 1.54) is 25.7 Å². The number of anilines is 2. The van der Waals surface area contributed by atoms with E-state index in [4.69, 9.17) is 5.73 Å². The van der Waals surface area contributed by atoms with Gasteiger partial charge in [0, 0.05) is 23.2 Å². The van der Waals surface area contributed by atoms with E-state index < -0.39 is 0 Å². The van der Waals surface area contributed by atoms with Crippen molar-refractivity contribution in [1.29, 1.82) is 0 Å². The van der Waals surface area contributed by atoms with Crippen molar-refractivity contribution in [3.05, 3.63) is 24.5 Å². The van der Waals surface area contributed by atoms with Gasteiger partial charge in [0.15, 0.2) is 0 Å². The molecule has 0 atom stereocenters. The van der Waals surface area contributed by atoms with E-state index >= 15 is 0 Å². The molecule has 1 aromatic carbocycles. The van der Waals surface area contributed by atoms with Gasteiger partial charge in [0.25, 0.3) is 0 Å². The van der Waals surface area contributed by atoms with Crippen molar-refractivity contribution in [3.63, 3.8) is 0 Å². The molecule has 0 aliphatic heterocycles. The molecule has 2 aromatic rings. The first-order valence-corrected chi connectivity index (χ1v) is 7.52. The monoisotopic (exact) mass is 285 g/mol. The molecule has 0 spiro atoms. The fraction of sp³-hybridized carbons (Fsp3) is 0.500. The molecule has 0 unspecified atom stereocenters. The summed E-state index contributed by atoms with van der Waals surface area (Å²) in [5.74, 6) is 0.896. The predicted octanol–water partition coefficient (Wildman–Crippen LogP) is 2.50. The molecule has 1 aliphatic carbocycles. The summed E-state index contributed by atoms with van der Waals surface area (Å²) in [5, 5.41) is 4.56. The van der Waals surface area contributed by atoms with Gasteiger partial charge in [-0.3, -0.25) is 0 Å². The van der Waals surface area contributed by atoms with E-state index in [2.05, 4.69) is 34.3 Å². The molecule has 5 heteroatoms. The van der Waals surface area contributed by atoms with Gasteiger partial charge in [-0.2, -0.15) is 0 Å². The summed E-state index contributed by atoms with van der Waals surface area (Å²) in [6.45, 7) is 0.913. The van der Waals surface area contributed by atoms with Crippen molar-refractivity contribution in [1.82, 2.24) is 14.9 Å². The van der Waals surface area contributed by atoms with E-state index in [1.807, 2.05) is 18.2 Å². The summed E-state index contributed by atoms with van der Waals surface area (Å²) >= 11 is 0. The molecular weight excluding hydrogens is 262 g/mol. The Labute approximate surface area is 125 Å².